The van der Waals surface area contributed by atoms with E-state index >= 15 is 0 Å². The van der Waals surface area contributed by atoms with Gasteiger partial charge in [-0.2, -0.15) is 0 Å². The SMILES string of the molecule is COC[C@]1(O)OC[C@@H](O)[C@@H](O)[C@@H]1O. The quantitative estimate of drug-likeness (QED) is 0.386. The van der Waals surface area contributed by atoms with E-state index in [1.807, 2.05) is 0 Å². The van der Waals surface area contributed by atoms with Crippen LogP contribution in [0.5, 0.6) is 0 Å². The van der Waals surface area contributed by atoms with Crippen LogP contribution in [0, 0.1) is 0 Å². The molecule has 0 amide bonds. The maximum atomic E-state index is 9.56. The van der Waals surface area contributed by atoms with Crippen LogP contribution in [0.3, 0.4) is 0 Å². The fraction of sp³-hybridized carbons (Fsp3) is 1.00. The molecule has 78 valence electrons. The van der Waals surface area contributed by atoms with Gasteiger partial charge >= 0.3 is 0 Å². The molecule has 6 nitrogen and oxygen atoms in total. The maximum Gasteiger partial charge on any atom is 0.219 e. The number of aliphatic hydroxyl groups is 4. The van der Waals surface area contributed by atoms with Crippen molar-refractivity contribution in [2.24, 2.45) is 0 Å². The summed E-state index contributed by atoms with van der Waals surface area (Å²) in [6.07, 6.45) is -4.18. The molecular formula is C7H14O6. The number of methoxy groups -OCH3 is 1. The highest BCUT2D eigenvalue weighted by molar-refractivity contribution is 4.91. The van der Waals surface area contributed by atoms with Crippen LogP contribution in [0.25, 0.3) is 0 Å². The molecule has 4 atom stereocenters. The molecule has 0 spiro atoms. The van der Waals surface area contributed by atoms with Crippen molar-refractivity contribution in [2.45, 2.75) is 24.1 Å². The Morgan fingerprint density at radius 1 is 1.46 bits per heavy atom. The van der Waals surface area contributed by atoms with Crippen molar-refractivity contribution in [3.05, 3.63) is 0 Å². The topological polar surface area (TPSA) is 99.4 Å². The van der Waals surface area contributed by atoms with Crippen molar-refractivity contribution in [3.63, 3.8) is 0 Å². The zero-order valence-electron chi connectivity index (χ0n) is 7.25. The number of hydrogen-bond donors (Lipinski definition) is 4. The van der Waals surface area contributed by atoms with Gasteiger partial charge in [0.05, 0.1) is 6.61 Å². The second kappa shape index (κ2) is 3.87. The number of ether oxygens (including phenoxy) is 2. The molecule has 0 radical (unpaired) electrons. The van der Waals surface area contributed by atoms with E-state index in [-0.39, 0.29) is 13.2 Å². The molecule has 1 fully saturated rings. The largest absolute Gasteiger partial charge is 0.388 e. The van der Waals surface area contributed by atoms with Crippen LogP contribution in [0.2, 0.25) is 0 Å². The Hall–Kier alpha value is -0.240. The first-order valence-corrected chi connectivity index (χ1v) is 3.91. The number of hydrogen-bond acceptors (Lipinski definition) is 6. The first-order chi connectivity index (χ1) is 6.01. The van der Waals surface area contributed by atoms with Gasteiger partial charge in [0.15, 0.2) is 0 Å². The summed E-state index contributed by atoms with van der Waals surface area (Å²) in [6.45, 7) is -0.504. The lowest BCUT2D eigenvalue weighted by Crippen LogP contribution is -2.62. The highest BCUT2D eigenvalue weighted by Gasteiger charge is 2.48. The van der Waals surface area contributed by atoms with Crippen molar-refractivity contribution in [2.75, 3.05) is 20.3 Å². The Balaban J connectivity index is 2.67. The van der Waals surface area contributed by atoms with Gasteiger partial charge in [-0.1, -0.05) is 0 Å². The molecule has 13 heavy (non-hydrogen) atoms. The molecule has 0 saturated carbocycles. The van der Waals surface area contributed by atoms with Gasteiger partial charge in [-0.25, -0.2) is 0 Å². The van der Waals surface area contributed by atoms with Crippen molar-refractivity contribution < 1.29 is 29.9 Å². The molecule has 6 heteroatoms. The second-order valence-electron chi connectivity index (χ2n) is 3.09. The van der Waals surface area contributed by atoms with Crippen molar-refractivity contribution in [1.29, 1.82) is 0 Å². The van der Waals surface area contributed by atoms with E-state index < -0.39 is 24.1 Å². The molecule has 0 aliphatic carbocycles. The summed E-state index contributed by atoms with van der Waals surface area (Å²) in [5.74, 6) is -1.94. The Kier molecular flexibility index (Phi) is 3.23. The van der Waals surface area contributed by atoms with Crippen LogP contribution in [-0.4, -0.2) is 64.8 Å². The third kappa shape index (κ3) is 1.98. The smallest absolute Gasteiger partial charge is 0.219 e. The maximum absolute atomic E-state index is 9.56. The molecule has 0 unspecified atom stereocenters. The monoisotopic (exact) mass is 194 g/mol. The van der Waals surface area contributed by atoms with Crippen LogP contribution < -0.4 is 0 Å². The average Bonchev–Trinajstić information content (AvgIpc) is 2.10. The molecule has 1 heterocycles. The minimum atomic E-state index is -1.94. The van der Waals surface area contributed by atoms with Gasteiger partial charge in [-0.15, -0.1) is 0 Å². The summed E-state index contributed by atoms with van der Waals surface area (Å²) in [7, 11) is 1.32. The van der Waals surface area contributed by atoms with Gasteiger partial charge in [-0.05, 0) is 0 Å². The zero-order chi connectivity index (χ0) is 10.1. The Labute approximate surface area is 75.3 Å². The van der Waals surface area contributed by atoms with E-state index in [1.165, 1.54) is 7.11 Å². The molecule has 1 aliphatic rings. The summed E-state index contributed by atoms with van der Waals surface area (Å²) in [5, 5.41) is 37.2. The van der Waals surface area contributed by atoms with Gasteiger partial charge in [0, 0.05) is 7.11 Å². The minimum Gasteiger partial charge on any atom is -0.388 e. The van der Waals surface area contributed by atoms with Gasteiger partial charge in [-0.3, -0.25) is 0 Å². The van der Waals surface area contributed by atoms with E-state index in [0.717, 1.165) is 0 Å². The van der Waals surface area contributed by atoms with Crippen LogP contribution >= 0.6 is 0 Å². The zero-order valence-corrected chi connectivity index (χ0v) is 7.25. The number of rotatable bonds is 2. The lowest BCUT2D eigenvalue weighted by atomic mass is 9.97. The highest BCUT2D eigenvalue weighted by Crippen LogP contribution is 2.23. The average molecular weight is 194 g/mol. The summed E-state index contributed by atoms with van der Waals surface area (Å²) in [5.41, 5.74) is 0. The van der Waals surface area contributed by atoms with E-state index in [1.54, 1.807) is 0 Å². The van der Waals surface area contributed by atoms with Crippen LogP contribution in [0.1, 0.15) is 0 Å². The summed E-state index contributed by atoms with van der Waals surface area (Å²) < 4.78 is 9.38. The minimum absolute atomic E-state index is 0.238. The van der Waals surface area contributed by atoms with Gasteiger partial charge < -0.3 is 29.9 Å². The fourth-order valence-electron chi connectivity index (χ4n) is 1.22. The lowest BCUT2D eigenvalue weighted by molar-refractivity contribution is -0.333. The summed E-state index contributed by atoms with van der Waals surface area (Å²) in [4.78, 5) is 0. The molecule has 1 aliphatic heterocycles. The van der Waals surface area contributed by atoms with E-state index in [2.05, 4.69) is 4.74 Å². The van der Waals surface area contributed by atoms with Crippen LogP contribution in [0.4, 0.5) is 0 Å². The van der Waals surface area contributed by atoms with Crippen molar-refractivity contribution in [1.82, 2.24) is 0 Å². The van der Waals surface area contributed by atoms with Gasteiger partial charge in [0.2, 0.25) is 5.79 Å². The van der Waals surface area contributed by atoms with E-state index in [4.69, 9.17) is 9.84 Å². The van der Waals surface area contributed by atoms with E-state index in [9.17, 15) is 15.3 Å². The molecule has 0 aromatic rings. The Morgan fingerprint density at radius 2 is 2.08 bits per heavy atom. The van der Waals surface area contributed by atoms with E-state index in [0.29, 0.717) is 0 Å². The second-order valence-corrected chi connectivity index (χ2v) is 3.09. The first-order valence-electron chi connectivity index (χ1n) is 3.91. The lowest BCUT2D eigenvalue weighted by Gasteiger charge is -2.40. The summed E-state index contributed by atoms with van der Waals surface area (Å²) in [6, 6.07) is 0. The summed E-state index contributed by atoms with van der Waals surface area (Å²) >= 11 is 0. The molecule has 0 aromatic heterocycles. The molecule has 1 rings (SSSR count). The highest BCUT2D eigenvalue weighted by atomic mass is 16.7. The molecule has 0 aromatic carbocycles. The normalized spacial score (nSPS) is 46.4. The van der Waals surface area contributed by atoms with Crippen molar-refractivity contribution >= 4 is 0 Å². The molecule has 4 N–H and O–H groups in total. The number of aliphatic hydroxyl groups excluding tert-OH is 3. The molecule has 1 saturated heterocycles. The predicted molar refractivity (Wildman–Crippen MR) is 40.8 cm³/mol. The standard InChI is InChI=1S/C7H14O6/c1-12-3-7(11)6(10)5(9)4(8)2-13-7/h4-6,8-11H,2-3H2,1H3/t4-,5-,6+,7+/m1/s1. The Bertz CT molecular complexity index is 174. The third-order valence-corrected chi connectivity index (χ3v) is 2.04. The predicted octanol–water partition coefficient (Wildman–Crippen LogP) is -2.57. The van der Waals surface area contributed by atoms with Gasteiger partial charge in [0.25, 0.3) is 0 Å². The van der Waals surface area contributed by atoms with Crippen LogP contribution in [-0.2, 0) is 9.47 Å². The molecule has 0 bridgehead atoms. The molecular weight excluding hydrogens is 180 g/mol. The van der Waals surface area contributed by atoms with Crippen molar-refractivity contribution in [3.8, 4) is 0 Å². The third-order valence-electron chi connectivity index (χ3n) is 2.04. The fourth-order valence-corrected chi connectivity index (χ4v) is 1.22. The Morgan fingerprint density at radius 3 is 2.62 bits per heavy atom. The van der Waals surface area contributed by atoms with Crippen LogP contribution in [0.15, 0.2) is 0 Å². The first kappa shape index (κ1) is 10.8. The van der Waals surface area contributed by atoms with Gasteiger partial charge in [0.1, 0.15) is 24.9 Å².